The van der Waals surface area contributed by atoms with Crippen molar-refractivity contribution in [2.24, 2.45) is 0 Å². The minimum Gasteiger partial charge on any atom is -0.491 e. The number of thiophene rings is 1. The van der Waals surface area contributed by atoms with E-state index in [1.165, 1.54) is 11.3 Å². The summed E-state index contributed by atoms with van der Waals surface area (Å²) in [5, 5.41) is 0.723. The third-order valence-electron chi connectivity index (χ3n) is 2.15. The third-order valence-corrected chi connectivity index (χ3v) is 4.11. The number of hydrogen-bond acceptors (Lipinski definition) is 3. The molecule has 2 nitrogen and oxygen atoms in total. The maximum absolute atomic E-state index is 11.2. The van der Waals surface area contributed by atoms with Gasteiger partial charge in [0.15, 0.2) is 0 Å². The SMILES string of the molecule is CC(C)Oc1ccc2c(Cl)c(C(=O)Cl)sc2c1. The molecule has 0 atom stereocenters. The van der Waals surface area contributed by atoms with Gasteiger partial charge in [0.05, 0.1) is 11.1 Å². The fourth-order valence-electron chi connectivity index (χ4n) is 1.52. The summed E-state index contributed by atoms with van der Waals surface area (Å²) in [6, 6.07) is 5.55. The highest BCUT2D eigenvalue weighted by atomic mass is 35.5. The Bertz CT molecular complexity index is 575. The minimum absolute atomic E-state index is 0.108. The number of carbonyl (C=O) groups excluding carboxylic acids is 1. The maximum Gasteiger partial charge on any atom is 0.263 e. The number of halogens is 2. The Morgan fingerprint density at radius 3 is 2.71 bits per heavy atom. The molecular formula is C12H10Cl2O2S. The van der Waals surface area contributed by atoms with Gasteiger partial charge in [-0.2, -0.15) is 0 Å². The molecule has 0 fully saturated rings. The zero-order chi connectivity index (χ0) is 12.6. The van der Waals surface area contributed by atoms with Crippen LogP contribution < -0.4 is 4.74 Å². The van der Waals surface area contributed by atoms with E-state index >= 15 is 0 Å². The Morgan fingerprint density at radius 1 is 1.41 bits per heavy atom. The third kappa shape index (κ3) is 2.57. The molecule has 0 aliphatic carbocycles. The first-order chi connectivity index (χ1) is 7.99. The molecule has 0 bridgehead atoms. The van der Waals surface area contributed by atoms with Crippen molar-refractivity contribution in [1.29, 1.82) is 0 Å². The van der Waals surface area contributed by atoms with Crippen molar-refractivity contribution in [3.05, 3.63) is 28.1 Å². The van der Waals surface area contributed by atoms with Gasteiger partial charge >= 0.3 is 0 Å². The highest BCUT2D eigenvalue weighted by molar-refractivity contribution is 7.23. The average molecular weight is 289 g/mol. The molecule has 90 valence electrons. The van der Waals surface area contributed by atoms with E-state index in [9.17, 15) is 4.79 Å². The van der Waals surface area contributed by atoms with Gasteiger partial charge in [-0.15, -0.1) is 11.3 Å². The Hall–Kier alpha value is -0.770. The van der Waals surface area contributed by atoms with Crippen LogP contribution in [0.4, 0.5) is 0 Å². The van der Waals surface area contributed by atoms with Crippen molar-refractivity contribution < 1.29 is 9.53 Å². The van der Waals surface area contributed by atoms with Crippen molar-refractivity contribution in [2.75, 3.05) is 0 Å². The second-order valence-corrected chi connectivity index (χ2v) is 5.62. The molecule has 5 heteroatoms. The van der Waals surface area contributed by atoms with Crippen LogP contribution >= 0.6 is 34.5 Å². The molecule has 0 aliphatic heterocycles. The lowest BCUT2D eigenvalue weighted by Gasteiger charge is -2.08. The van der Waals surface area contributed by atoms with Gasteiger partial charge in [-0.05, 0) is 43.6 Å². The van der Waals surface area contributed by atoms with Crippen LogP contribution in [0.3, 0.4) is 0 Å². The van der Waals surface area contributed by atoms with Gasteiger partial charge in [0.25, 0.3) is 5.24 Å². The lowest BCUT2D eigenvalue weighted by atomic mass is 10.2. The second-order valence-electron chi connectivity index (χ2n) is 3.84. The summed E-state index contributed by atoms with van der Waals surface area (Å²) in [5.74, 6) is 0.763. The van der Waals surface area contributed by atoms with Crippen LogP contribution in [-0.4, -0.2) is 11.3 Å². The predicted molar refractivity (Wildman–Crippen MR) is 72.8 cm³/mol. The molecule has 1 aromatic heterocycles. The molecule has 0 saturated carbocycles. The van der Waals surface area contributed by atoms with Crippen LogP contribution in [-0.2, 0) is 0 Å². The molecule has 0 N–H and O–H groups in total. The first kappa shape index (κ1) is 12.7. The summed E-state index contributed by atoms with van der Waals surface area (Å²) < 4.78 is 6.48. The van der Waals surface area contributed by atoms with Crippen molar-refractivity contribution in [3.8, 4) is 5.75 Å². The van der Waals surface area contributed by atoms with Gasteiger partial charge in [-0.1, -0.05) is 11.6 Å². The molecule has 1 aromatic carbocycles. The van der Waals surface area contributed by atoms with E-state index in [0.717, 1.165) is 15.8 Å². The number of ether oxygens (including phenoxy) is 1. The summed E-state index contributed by atoms with van der Waals surface area (Å²) in [6.07, 6.45) is 0.108. The standard InChI is InChI=1S/C12H10Cl2O2S/c1-6(2)16-7-3-4-8-9(5-7)17-11(10(8)13)12(14)15/h3-6H,1-2H3. The molecule has 0 aliphatic rings. The first-order valence-electron chi connectivity index (χ1n) is 5.07. The van der Waals surface area contributed by atoms with Crippen LogP contribution in [0.2, 0.25) is 5.02 Å². The Morgan fingerprint density at radius 2 is 2.12 bits per heavy atom. The number of hydrogen-bond donors (Lipinski definition) is 0. The van der Waals surface area contributed by atoms with Gasteiger partial charge < -0.3 is 4.74 Å². The number of benzene rings is 1. The van der Waals surface area contributed by atoms with E-state index in [0.29, 0.717) is 9.90 Å². The molecule has 0 spiro atoms. The van der Waals surface area contributed by atoms with Gasteiger partial charge in [-0.3, -0.25) is 4.79 Å². The summed E-state index contributed by atoms with van der Waals surface area (Å²) in [6.45, 7) is 3.92. The van der Waals surface area contributed by atoms with Crippen LogP contribution in [0.25, 0.3) is 10.1 Å². The van der Waals surface area contributed by atoms with Crippen molar-refractivity contribution in [3.63, 3.8) is 0 Å². The summed E-state index contributed by atoms with van der Waals surface area (Å²) in [5.41, 5.74) is 0. The molecule has 2 aromatic rings. The highest BCUT2D eigenvalue weighted by Gasteiger charge is 2.15. The monoisotopic (exact) mass is 288 g/mol. The Labute approximate surface area is 113 Å². The lowest BCUT2D eigenvalue weighted by molar-refractivity contribution is 0.108. The zero-order valence-electron chi connectivity index (χ0n) is 9.29. The summed E-state index contributed by atoms with van der Waals surface area (Å²) in [4.78, 5) is 11.5. The number of rotatable bonds is 3. The van der Waals surface area contributed by atoms with Gasteiger partial charge in [-0.25, -0.2) is 0 Å². The highest BCUT2D eigenvalue weighted by Crippen LogP contribution is 2.38. The largest absolute Gasteiger partial charge is 0.491 e. The molecule has 0 radical (unpaired) electrons. The molecular weight excluding hydrogens is 279 g/mol. The van der Waals surface area contributed by atoms with Crippen molar-refractivity contribution in [1.82, 2.24) is 0 Å². The Balaban J connectivity index is 2.52. The molecule has 17 heavy (non-hydrogen) atoms. The van der Waals surface area contributed by atoms with Crippen LogP contribution in [0.15, 0.2) is 18.2 Å². The van der Waals surface area contributed by atoms with E-state index in [4.69, 9.17) is 27.9 Å². The summed E-state index contributed by atoms with van der Waals surface area (Å²) >= 11 is 12.8. The zero-order valence-corrected chi connectivity index (χ0v) is 11.6. The van der Waals surface area contributed by atoms with Crippen molar-refractivity contribution >= 4 is 49.9 Å². The molecule has 1 heterocycles. The average Bonchev–Trinajstić information content (AvgIpc) is 2.55. The molecule has 0 unspecified atom stereocenters. The second kappa shape index (κ2) is 4.84. The number of carbonyl (C=O) groups is 1. The Kier molecular flexibility index (Phi) is 3.61. The smallest absolute Gasteiger partial charge is 0.263 e. The molecule has 2 rings (SSSR count). The van der Waals surface area contributed by atoms with Gasteiger partial charge in [0.2, 0.25) is 0 Å². The first-order valence-corrected chi connectivity index (χ1v) is 6.65. The van der Waals surface area contributed by atoms with E-state index in [1.807, 2.05) is 32.0 Å². The van der Waals surface area contributed by atoms with E-state index in [1.54, 1.807) is 0 Å². The topological polar surface area (TPSA) is 26.3 Å². The normalized spacial score (nSPS) is 11.1. The number of fused-ring (bicyclic) bond motifs is 1. The fourth-order valence-corrected chi connectivity index (χ4v) is 3.15. The van der Waals surface area contributed by atoms with Gasteiger partial charge in [0, 0.05) is 10.1 Å². The van der Waals surface area contributed by atoms with Crippen LogP contribution in [0.1, 0.15) is 23.5 Å². The van der Waals surface area contributed by atoms with E-state index < -0.39 is 5.24 Å². The predicted octanol–water partition coefficient (Wildman–Crippen LogP) is 4.72. The summed E-state index contributed by atoms with van der Waals surface area (Å²) in [7, 11) is 0. The quantitative estimate of drug-likeness (QED) is 0.764. The van der Waals surface area contributed by atoms with E-state index in [-0.39, 0.29) is 6.10 Å². The van der Waals surface area contributed by atoms with Crippen LogP contribution in [0.5, 0.6) is 5.75 Å². The maximum atomic E-state index is 11.2. The van der Waals surface area contributed by atoms with Crippen molar-refractivity contribution in [2.45, 2.75) is 20.0 Å². The van der Waals surface area contributed by atoms with Crippen LogP contribution in [0, 0.1) is 0 Å². The lowest BCUT2D eigenvalue weighted by Crippen LogP contribution is -2.04. The van der Waals surface area contributed by atoms with Gasteiger partial charge in [0.1, 0.15) is 10.6 Å². The fraction of sp³-hybridized carbons (Fsp3) is 0.250. The minimum atomic E-state index is -0.525. The molecule has 0 saturated heterocycles. The molecule has 0 amide bonds. The van der Waals surface area contributed by atoms with E-state index in [2.05, 4.69) is 0 Å².